The first-order valence-electron chi connectivity index (χ1n) is 13.7. The third-order valence-electron chi connectivity index (χ3n) is 6.75. The van der Waals surface area contributed by atoms with Crippen LogP contribution in [-0.4, -0.2) is 53.3 Å². The van der Waals surface area contributed by atoms with Crippen molar-refractivity contribution in [1.29, 1.82) is 0 Å². The maximum Gasteiger partial charge on any atom is 0.255 e. The molecule has 1 aromatic heterocycles. The first-order chi connectivity index (χ1) is 20.2. The molecule has 3 aromatic carbocycles. The number of amides is 2. The van der Waals surface area contributed by atoms with Gasteiger partial charge in [-0.3, -0.25) is 18.3 Å². The van der Waals surface area contributed by atoms with Crippen LogP contribution in [0.2, 0.25) is 0 Å². The average molecular weight is 612 g/mol. The van der Waals surface area contributed by atoms with Gasteiger partial charge in [-0.25, -0.2) is 12.8 Å². The topological polar surface area (TPSA) is 109 Å². The fourth-order valence-corrected chi connectivity index (χ4v) is 5.64. The van der Waals surface area contributed by atoms with Crippen LogP contribution in [0, 0.1) is 11.2 Å². The number of halogens is 2. The fraction of sp³-hybridized carbons (Fsp3) is 0.312. The van der Waals surface area contributed by atoms with E-state index in [9.17, 15) is 26.8 Å². The van der Waals surface area contributed by atoms with Crippen molar-refractivity contribution in [3.8, 4) is 22.5 Å². The summed E-state index contributed by atoms with van der Waals surface area (Å²) in [5, 5.41) is 5.89. The van der Waals surface area contributed by atoms with Crippen molar-refractivity contribution in [2.75, 3.05) is 37.4 Å². The lowest BCUT2D eigenvalue weighted by molar-refractivity contribution is 0.0937. The van der Waals surface area contributed by atoms with Crippen molar-refractivity contribution in [2.24, 2.45) is 5.41 Å². The van der Waals surface area contributed by atoms with Gasteiger partial charge < -0.3 is 15.1 Å². The quantitative estimate of drug-likeness (QED) is 0.223. The number of sulfonamides is 1. The standard InChI is InChI=1S/C32H35F2N3O5S/c1-32(2,3)19-36-30(38)22-9-6-8-21(16-22)24-17-25-27(18-26(24)37(15-7-14-33)43(5,40)41)42-29(28(25)31(39)35-4)20-10-12-23(34)13-11-20/h6,8-13,16-18H,7,14-15,19H2,1-5H3,(H,35,39)(H,36,38). The van der Waals surface area contributed by atoms with Gasteiger partial charge in [0.25, 0.3) is 11.8 Å². The Kier molecular flexibility index (Phi) is 9.24. The van der Waals surface area contributed by atoms with E-state index in [0.29, 0.717) is 34.2 Å². The van der Waals surface area contributed by atoms with Crippen LogP contribution in [0.4, 0.5) is 14.5 Å². The first-order valence-corrected chi connectivity index (χ1v) is 15.6. The minimum atomic E-state index is -3.90. The number of nitrogens with zero attached hydrogens (tertiary/aromatic N) is 1. The summed E-state index contributed by atoms with van der Waals surface area (Å²) in [5.74, 6) is -1.06. The predicted octanol–water partition coefficient (Wildman–Crippen LogP) is 6.17. The van der Waals surface area contributed by atoms with Crippen LogP contribution in [0.15, 0.2) is 65.1 Å². The van der Waals surface area contributed by atoms with Crippen LogP contribution >= 0.6 is 0 Å². The second kappa shape index (κ2) is 12.5. The molecule has 11 heteroatoms. The number of anilines is 1. The number of carbonyl (C=O) groups excluding carboxylic acids is 2. The van der Waals surface area contributed by atoms with E-state index in [1.165, 1.54) is 37.4 Å². The lowest BCUT2D eigenvalue weighted by Gasteiger charge is -2.25. The first kappa shape index (κ1) is 31.7. The van der Waals surface area contributed by atoms with Gasteiger partial charge in [0, 0.05) is 48.3 Å². The van der Waals surface area contributed by atoms with E-state index in [2.05, 4.69) is 10.6 Å². The predicted molar refractivity (Wildman–Crippen MR) is 165 cm³/mol. The molecule has 0 spiro atoms. The summed E-state index contributed by atoms with van der Waals surface area (Å²) in [5.41, 5.74) is 2.11. The second-order valence-electron chi connectivity index (χ2n) is 11.5. The van der Waals surface area contributed by atoms with Crippen LogP contribution in [0.1, 0.15) is 47.9 Å². The molecule has 2 amide bonds. The molecular formula is C32H35F2N3O5S. The van der Waals surface area contributed by atoms with E-state index in [1.807, 2.05) is 20.8 Å². The number of benzene rings is 3. The summed E-state index contributed by atoms with van der Waals surface area (Å²) in [4.78, 5) is 26.2. The van der Waals surface area contributed by atoms with E-state index < -0.39 is 28.4 Å². The Labute approximate surface area is 250 Å². The van der Waals surface area contributed by atoms with Gasteiger partial charge in [0.1, 0.15) is 17.2 Å². The molecule has 2 N–H and O–H groups in total. The van der Waals surface area contributed by atoms with E-state index in [-0.39, 0.29) is 46.9 Å². The van der Waals surface area contributed by atoms with Crippen molar-refractivity contribution in [3.05, 3.63) is 77.6 Å². The number of hydrogen-bond donors (Lipinski definition) is 2. The Morgan fingerprint density at radius 1 is 0.977 bits per heavy atom. The average Bonchev–Trinajstić information content (AvgIpc) is 3.33. The van der Waals surface area contributed by atoms with Gasteiger partial charge in [0.15, 0.2) is 0 Å². The normalized spacial score (nSPS) is 11.9. The molecule has 0 unspecified atom stereocenters. The molecule has 4 rings (SSSR count). The molecule has 0 radical (unpaired) electrons. The summed E-state index contributed by atoms with van der Waals surface area (Å²) in [6.45, 7) is 5.55. The molecule has 0 aliphatic heterocycles. The highest BCUT2D eigenvalue weighted by Crippen LogP contribution is 2.42. The molecule has 0 saturated carbocycles. The van der Waals surface area contributed by atoms with Crippen LogP contribution in [0.5, 0.6) is 0 Å². The molecule has 0 fully saturated rings. The second-order valence-corrected chi connectivity index (χ2v) is 13.4. The van der Waals surface area contributed by atoms with Crippen molar-refractivity contribution in [1.82, 2.24) is 10.6 Å². The summed E-state index contributed by atoms with van der Waals surface area (Å²) in [6, 6.07) is 15.3. The van der Waals surface area contributed by atoms with E-state index >= 15 is 0 Å². The third kappa shape index (κ3) is 7.22. The smallest absolute Gasteiger partial charge is 0.255 e. The number of fused-ring (bicyclic) bond motifs is 1. The van der Waals surface area contributed by atoms with Crippen LogP contribution in [-0.2, 0) is 10.0 Å². The largest absolute Gasteiger partial charge is 0.455 e. The molecule has 4 aromatic rings. The number of nitrogens with one attached hydrogen (secondary N) is 2. The summed E-state index contributed by atoms with van der Waals surface area (Å²) < 4.78 is 60.2. The van der Waals surface area contributed by atoms with Gasteiger partial charge in [-0.2, -0.15) is 0 Å². The van der Waals surface area contributed by atoms with Crippen LogP contribution in [0.25, 0.3) is 33.4 Å². The Balaban J connectivity index is 2.00. The zero-order valence-corrected chi connectivity index (χ0v) is 25.6. The van der Waals surface area contributed by atoms with Crippen molar-refractivity contribution in [2.45, 2.75) is 27.2 Å². The summed E-state index contributed by atoms with van der Waals surface area (Å²) in [7, 11) is -2.43. The molecule has 0 atom stereocenters. The fourth-order valence-electron chi connectivity index (χ4n) is 4.67. The molecule has 0 bridgehead atoms. The summed E-state index contributed by atoms with van der Waals surface area (Å²) in [6.07, 6.45) is 0.972. The Morgan fingerprint density at radius 3 is 2.28 bits per heavy atom. The molecule has 0 saturated heterocycles. The zero-order chi connectivity index (χ0) is 31.5. The van der Waals surface area contributed by atoms with Gasteiger partial charge in [-0.1, -0.05) is 32.9 Å². The van der Waals surface area contributed by atoms with E-state index in [4.69, 9.17) is 4.42 Å². The maximum absolute atomic E-state index is 13.7. The molecule has 1 heterocycles. The van der Waals surface area contributed by atoms with Gasteiger partial charge >= 0.3 is 0 Å². The Bertz CT molecular complexity index is 1760. The van der Waals surface area contributed by atoms with Crippen molar-refractivity contribution >= 4 is 38.5 Å². The number of furan rings is 1. The molecule has 228 valence electrons. The molecule has 0 aliphatic rings. The zero-order valence-electron chi connectivity index (χ0n) is 24.8. The van der Waals surface area contributed by atoms with E-state index in [1.54, 1.807) is 30.3 Å². The Hall–Kier alpha value is -4.25. The third-order valence-corrected chi connectivity index (χ3v) is 7.93. The van der Waals surface area contributed by atoms with Crippen molar-refractivity contribution < 1.29 is 31.2 Å². The SMILES string of the molecule is CNC(=O)c1c(-c2ccc(F)cc2)oc2cc(N(CCCF)S(C)(=O)=O)c(-c3cccc(C(=O)NCC(C)(C)C)c3)cc12. The van der Waals surface area contributed by atoms with Crippen LogP contribution in [0.3, 0.4) is 0 Å². The van der Waals surface area contributed by atoms with Crippen LogP contribution < -0.4 is 14.9 Å². The van der Waals surface area contributed by atoms with Gasteiger partial charge in [-0.15, -0.1) is 0 Å². The number of rotatable bonds is 10. The monoisotopic (exact) mass is 611 g/mol. The number of carbonyl (C=O) groups is 2. The number of hydrogen-bond acceptors (Lipinski definition) is 5. The highest BCUT2D eigenvalue weighted by molar-refractivity contribution is 7.92. The van der Waals surface area contributed by atoms with Crippen molar-refractivity contribution in [3.63, 3.8) is 0 Å². The minimum Gasteiger partial charge on any atom is -0.455 e. The highest BCUT2D eigenvalue weighted by atomic mass is 32.2. The highest BCUT2D eigenvalue weighted by Gasteiger charge is 2.27. The maximum atomic E-state index is 13.7. The molecule has 8 nitrogen and oxygen atoms in total. The number of alkyl halides is 1. The van der Waals surface area contributed by atoms with Gasteiger partial charge in [-0.05, 0) is 59.9 Å². The lowest BCUT2D eigenvalue weighted by Crippen LogP contribution is -2.32. The molecule has 43 heavy (non-hydrogen) atoms. The van der Waals surface area contributed by atoms with Gasteiger partial charge in [0.2, 0.25) is 10.0 Å². The Morgan fingerprint density at radius 2 is 1.67 bits per heavy atom. The molecule has 0 aliphatic carbocycles. The summed E-state index contributed by atoms with van der Waals surface area (Å²) >= 11 is 0. The van der Waals surface area contributed by atoms with E-state index in [0.717, 1.165) is 10.6 Å². The molecular weight excluding hydrogens is 576 g/mol. The minimum absolute atomic E-state index is 0.0533. The van der Waals surface area contributed by atoms with Gasteiger partial charge in [0.05, 0.1) is 24.2 Å². The lowest BCUT2D eigenvalue weighted by atomic mass is 9.96.